The van der Waals surface area contributed by atoms with Crippen molar-refractivity contribution in [1.82, 2.24) is 20.2 Å². The molecule has 0 amide bonds. The SMILES string of the molecule is CCCn1nnnc1COC(=O)c1ccc(C#N)cc1. The summed E-state index contributed by atoms with van der Waals surface area (Å²) in [5.74, 6) is 0.0365. The lowest BCUT2D eigenvalue weighted by atomic mass is 10.1. The van der Waals surface area contributed by atoms with E-state index in [1.165, 1.54) is 0 Å². The van der Waals surface area contributed by atoms with Crippen LogP contribution in [0.25, 0.3) is 0 Å². The molecule has 0 fully saturated rings. The third-order valence-corrected chi connectivity index (χ3v) is 2.62. The maximum absolute atomic E-state index is 11.8. The molecule has 0 unspecified atom stereocenters. The number of rotatable bonds is 5. The molecular weight excluding hydrogens is 258 g/mol. The number of nitriles is 1. The van der Waals surface area contributed by atoms with Crippen molar-refractivity contribution in [2.75, 3.05) is 0 Å². The Morgan fingerprint density at radius 2 is 2.15 bits per heavy atom. The largest absolute Gasteiger partial charge is 0.454 e. The topological polar surface area (TPSA) is 93.7 Å². The van der Waals surface area contributed by atoms with Crippen molar-refractivity contribution in [3.63, 3.8) is 0 Å². The zero-order chi connectivity index (χ0) is 14.4. The lowest BCUT2D eigenvalue weighted by Crippen LogP contribution is -2.11. The van der Waals surface area contributed by atoms with Gasteiger partial charge in [0, 0.05) is 6.54 Å². The number of esters is 1. The Kier molecular flexibility index (Phi) is 4.39. The summed E-state index contributed by atoms with van der Waals surface area (Å²) in [6, 6.07) is 8.22. The van der Waals surface area contributed by atoms with Gasteiger partial charge < -0.3 is 4.74 Å². The average molecular weight is 271 g/mol. The molecule has 7 nitrogen and oxygen atoms in total. The van der Waals surface area contributed by atoms with E-state index in [-0.39, 0.29) is 6.61 Å². The monoisotopic (exact) mass is 271 g/mol. The van der Waals surface area contributed by atoms with Crippen LogP contribution in [-0.2, 0) is 17.9 Å². The summed E-state index contributed by atoms with van der Waals surface area (Å²) in [5, 5.41) is 19.9. The third kappa shape index (κ3) is 3.17. The Balaban J connectivity index is 1.97. The van der Waals surface area contributed by atoms with Gasteiger partial charge in [-0.25, -0.2) is 9.48 Å². The summed E-state index contributed by atoms with van der Waals surface area (Å²) in [7, 11) is 0. The van der Waals surface area contributed by atoms with E-state index < -0.39 is 5.97 Å². The summed E-state index contributed by atoms with van der Waals surface area (Å²) in [6.07, 6.45) is 0.890. The average Bonchev–Trinajstić information content (AvgIpc) is 2.92. The van der Waals surface area contributed by atoms with Crippen LogP contribution in [0, 0.1) is 11.3 Å². The predicted molar refractivity (Wildman–Crippen MR) is 68.4 cm³/mol. The molecule has 2 aromatic rings. The van der Waals surface area contributed by atoms with E-state index in [1.807, 2.05) is 13.0 Å². The van der Waals surface area contributed by atoms with Crippen molar-refractivity contribution in [3.05, 3.63) is 41.2 Å². The first-order valence-electron chi connectivity index (χ1n) is 6.17. The van der Waals surface area contributed by atoms with Crippen LogP contribution in [0.5, 0.6) is 0 Å². The summed E-state index contributed by atoms with van der Waals surface area (Å²) >= 11 is 0. The van der Waals surface area contributed by atoms with E-state index >= 15 is 0 Å². The van der Waals surface area contributed by atoms with Gasteiger partial charge in [0.1, 0.15) is 0 Å². The van der Waals surface area contributed by atoms with Crippen molar-refractivity contribution in [1.29, 1.82) is 5.26 Å². The molecule has 0 spiro atoms. The molecule has 1 aromatic heterocycles. The fraction of sp³-hybridized carbons (Fsp3) is 0.308. The van der Waals surface area contributed by atoms with Crippen LogP contribution in [0.1, 0.15) is 35.1 Å². The molecular formula is C13H13N5O2. The molecule has 7 heteroatoms. The van der Waals surface area contributed by atoms with Gasteiger partial charge in [-0.05, 0) is 41.1 Å². The van der Waals surface area contributed by atoms with Crippen LogP contribution in [0.3, 0.4) is 0 Å². The maximum atomic E-state index is 11.8. The van der Waals surface area contributed by atoms with E-state index in [2.05, 4.69) is 15.5 Å². The highest BCUT2D eigenvalue weighted by atomic mass is 16.5. The lowest BCUT2D eigenvalue weighted by molar-refractivity contribution is 0.0456. The van der Waals surface area contributed by atoms with Crippen molar-refractivity contribution in [2.45, 2.75) is 26.5 Å². The minimum Gasteiger partial charge on any atom is -0.454 e. The number of ether oxygens (including phenoxy) is 1. The highest BCUT2D eigenvalue weighted by molar-refractivity contribution is 5.89. The summed E-state index contributed by atoms with van der Waals surface area (Å²) in [6.45, 7) is 2.71. The van der Waals surface area contributed by atoms with Gasteiger partial charge in [0.15, 0.2) is 12.4 Å². The second-order valence-electron chi connectivity index (χ2n) is 4.08. The van der Waals surface area contributed by atoms with Crippen LogP contribution in [0.4, 0.5) is 0 Å². The van der Waals surface area contributed by atoms with E-state index in [4.69, 9.17) is 10.00 Å². The molecule has 0 radical (unpaired) electrons. The number of nitrogens with zero attached hydrogens (tertiary/aromatic N) is 5. The van der Waals surface area contributed by atoms with Crippen LogP contribution >= 0.6 is 0 Å². The van der Waals surface area contributed by atoms with Crippen LogP contribution in [-0.4, -0.2) is 26.2 Å². The first kappa shape index (κ1) is 13.7. The zero-order valence-corrected chi connectivity index (χ0v) is 11.0. The van der Waals surface area contributed by atoms with Gasteiger partial charge in [0.05, 0.1) is 17.2 Å². The second-order valence-corrected chi connectivity index (χ2v) is 4.08. The molecule has 0 N–H and O–H groups in total. The molecule has 102 valence electrons. The Labute approximate surface area is 115 Å². The number of aryl methyl sites for hydroxylation is 1. The van der Waals surface area contributed by atoms with Crippen LogP contribution < -0.4 is 0 Å². The first-order valence-corrected chi connectivity index (χ1v) is 6.17. The van der Waals surface area contributed by atoms with Gasteiger partial charge in [-0.15, -0.1) is 5.10 Å². The summed E-state index contributed by atoms with van der Waals surface area (Å²) in [4.78, 5) is 11.8. The lowest BCUT2D eigenvalue weighted by Gasteiger charge is -2.05. The number of hydrogen-bond donors (Lipinski definition) is 0. The second kappa shape index (κ2) is 6.43. The first-order chi connectivity index (χ1) is 9.74. The molecule has 20 heavy (non-hydrogen) atoms. The van der Waals surface area contributed by atoms with Gasteiger partial charge in [0.25, 0.3) is 0 Å². The molecule has 0 atom stereocenters. The Morgan fingerprint density at radius 1 is 1.40 bits per heavy atom. The molecule has 0 aliphatic rings. The van der Waals surface area contributed by atoms with Crippen molar-refractivity contribution in [2.24, 2.45) is 0 Å². The van der Waals surface area contributed by atoms with Crippen LogP contribution in [0.2, 0.25) is 0 Å². The smallest absolute Gasteiger partial charge is 0.338 e. The normalized spacial score (nSPS) is 10.0. The predicted octanol–water partition coefficient (Wildman–Crippen LogP) is 1.31. The Morgan fingerprint density at radius 3 is 2.80 bits per heavy atom. The molecule has 0 aliphatic heterocycles. The Hall–Kier alpha value is -2.75. The number of aromatic nitrogens is 4. The quantitative estimate of drug-likeness (QED) is 0.761. The molecule has 1 heterocycles. The number of carbonyl (C=O) groups is 1. The standard InChI is InChI=1S/C13H13N5O2/c1-2-7-18-12(15-16-17-18)9-20-13(19)11-5-3-10(8-14)4-6-11/h3-6H,2,7,9H2,1H3. The molecule has 0 aliphatic carbocycles. The summed E-state index contributed by atoms with van der Waals surface area (Å²) < 4.78 is 6.75. The number of hydrogen-bond acceptors (Lipinski definition) is 6. The number of benzene rings is 1. The highest BCUT2D eigenvalue weighted by Gasteiger charge is 2.11. The third-order valence-electron chi connectivity index (χ3n) is 2.62. The maximum Gasteiger partial charge on any atom is 0.338 e. The van der Waals surface area contributed by atoms with Gasteiger partial charge >= 0.3 is 5.97 Å². The molecule has 0 saturated heterocycles. The Bertz CT molecular complexity index is 627. The molecule has 0 bridgehead atoms. The van der Waals surface area contributed by atoms with E-state index in [0.29, 0.717) is 23.5 Å². The fourth-order valence-corrected chi connectivity index (χ4v) is 1.61. The van der Waals surface area contributed by atoms with Gasteiger partial charge in [0.2, 0.25) is 0 Å². The van der Waals surface area contributed by atoms with Crippen molar-refractivity contribution >= 4 is 5.97 Å². The minimum atomic E-state index is -0.472. The van der Waals surface area contributed by atoms with Crippen molar-refractivity contribution < 1.29 is 9.53 Å². The minimum absolute atomic E-state index is 0.0197. The van der Waals surface area contributed by atoms with E-state index in [1.54, 1.807) is 28.9 Å². The number of carbonyl (C=O) groups excluding carboxylic acids is 1. The highest BCUT2D eigenvalue weighted by Crippen LogP contribution is 2.06. The summed E-state index contributed by atoms with van der Waals surface area (Å²) in [5.41, 5.74) is 0.881. The number of tetrazole rings is 1. The van der Waals surface area contributed by atoms with Crippen molar-refractivity contribution in [3.8, 4) is 6.07 Å². The molecule has 0 saturated carbocycles. The van der Waals surface area contributed by atoms with Crippen LogP contribution in [0.15, 0.2) is 24.3 Å². The van der Waals surface area contributed by atoms with Gasteiger partial charge in [-0.2, -0.15) is 5.26 Å². The zero-order valence-electron chi connectivity index (χ0n) is 11.0. The van der Waals surface area contributed by atoms with E-state index in [0.717, 1.165) is 6.42 Å². The molecule has 2 rings (SSSR count). The fourth-order valence-electron chi connectivity index (χ4n) is 1.61. The van der Waals surface area contributed by atoms with E-state index in [9.17, 15) is 4.79 Å². The van der Waals surface area contributed by atoms with Gasteiger partial charge in [-0.1, -0.05) is 6.92 Å². The van der Waals surface area contributed by atoms with Gasteiger partial charge in [-0.3, -0.25) is 0 Å². The molecule has 1 aromatic carbocycles.